The minimum atomic E-state index is 0.206. The Kier molecular flexibility index (Phi) is 5.28. The number of likely N-dealkylation sites (tertiary alicyclic amines) is 1. The summed E-state index contributed by atoms with van der Waals surface area (Å²) < 4.78 is 7.90. The minimum absolute atomic E-state index is 0.206. The molecule has 1 atom stereocenters. The van der Waals surface area contributed by atoms with Gasteiger partial charge in [0.15, 0.2) is 0 Å². The molecule has 0 unspecified atom stereocenters. The number of ether oxygens (including phenoxy) is 1. The van der Waals surface area contributed by atoms with E-state index in [1.54, 1.807) is 6.33 Å². The molecule has 2 heterocycles. The fraction of sp³-hybridized carbons (Fsp3) is 0.556. The molecule has 5 nitrogen and oxygen atoms in total. The van der Waals surface area contributed by atoms with Crippen molar-refractivity contribution >= 4 is 0 Å². The largest absolute Gasteiger partial charge is 0.491 e. The highest BCUT2D eigenvalue weighted by Gasteiger charge is 2.21. The summed E-state index contributed by atoms with van der Waals surface area (Å²) in [6, 6.07) is 8.40. The van der Waals surface area contributed by atoms with Gasteiger partial charge in [0.25, 0.3) is 0 Å². The Balaban J connectivity index is 1.61. The summed E-state index contributed by atoms with van der Waals surface area (Å²) in [5, 5.41) is 4.23. The molecule has 3 rings (SSSR count). The summed E-state index contributed by atoms with van der Waals surface area (Å²) in [6.45, 7) is 8.33. The van der Waals surface area contributed by atoms with E-state index in [2.05, 4.69) is 47.0 Å². The van der Waals surface area contributed by atoms with Crippen molar-refractivity contribution in [2.45, 2.75) is 45.9 Å². The first-order valence-electron chi connectivity index (χ1n) is 8.50. The number of nitrogens with zero attached hydrogens (tertiary/aromatic N) is 4. The molecule has 0 radical (unpaired) electrons. The van der Waals surface area contributed by atoms with Gasteiger partial charge in [0.05, 0.1) is 6.10 Å². The van der Waals surface area contributed by atoms with E-state index in [4.69, 9.17) is 4.74 Å². The van der Waals surface area contributed by atoms with E-state index in [-0.39, 0.29) is 6.10 Å². The lowest BCUT2D eigenvalue weighted by molar-refractivity contribution is 0.150. The first-order chi connectivity index (χ1) is 11.2. The molecule has 0 spiro atoms. The monoisotopic (exact) mass is 314 g/mol. The highest BCUT2D eigenvalue weighted by molar-refractivity contribution is 5.33. The van der Waals surface area contributed by atoms with Gasteiger partial charge in [0.1, 0.15) is 18.4 Å². The van der Waals surface area contributed by atoms with E-state index in [9.17, 15) is 0 Å². The van der Waals surface area contributed by atoms with Crippen molar-refractivity contribution in [3.8, 4) is 5.75 Å². The molecule has 0 saturated carbocycles. The highest BCUT2D eigenvalue weighted by atomic mass is 16.5. The van der Waals surface area contributed by atoms with Gasteiger partial charge in [-0.2, -0.15) is 5.10 Å². The zero-order chi connectivity index (χ0) is 16.1. The number of hydrogen-bond acceptors (Lipinski definition) is 4. The Hall–Kier alpha value is -1.88. The standard InChI is InChI=1S/C18H26N4O/c1-15(2)23-18-8-4-3-7-17(18)12-21-9-5-6-16(10-21)11-22-14-19-13-20-22/h3-4,7-8,13-16H,5-6,9-12H2,1-2H3/t16-/m0/s1. The van der Waals surface area contributed by atoms with Crippen LogP contribution in [-0.2, 0) is 13.1 Å². The van der Waals surface area contributed by atoms with Crippen LogP contribution >= 0.6 is 0 Å². The molecule has 1 saturated heterocycles. The molecule has 124 valence electrons. The van der Waals surface area contributed by atoms with Crippen molar-refractivity contribution in [2.24, 2.45) is 5.92 Å². The number of benzene rings is 1. The molecule has 1 aromatic heterocycles. The Labute approximate surface area is 138 Å². The van der Waals surface area contributed by atoms with Crippen LogP contribution in [0.4, 0.5) is 0 Å². The molecule has 1 aliphatic heterocycles. The third-order valence-electron chi connectivity index (χ3n) is 4.24. The van der Waals surface area contributed by atoms with Crippen LogP contribution < -0.4 is 4.74 Å². The highest BCUT2D eigenvalue weighted by Crippen LogP contribution is 2.24. The van der Waals surface area contributed by atoms with Crippen LogP contribution in [0.2, 0.25) is 0 Å². The van der Waals surface area contributed by atoms with E-state index < -0.39 is 0 Å². The predicted octanol–water partition coefficient (Wildman–Crippen LogP) is 2.98. The van der Waals surface area contributed by atoms with Crippen LogP contribution in [0.3, 0.4) is 0 Å². The lowest BCUT2D eigenvalue weighted by atomic mass is 9.97. The third-order valence-corrected chi connectivity index (χ3v) is 4.24. The van der Waals surface area contributed by atoms with Crippen LogP contribution in [0, 0.1) is 5.92 Å². The number of para-hydroxylation sites is 1. The molecule has 0 bridgehead atoms. The molecule has 1 aromatic carbocycles. The van der Waals surface area contributed by atoms with Crippen LogP contribution in [0.1, 0.15) is 32.3 Å². The van der Waals surface area contributed by atoms with Crippen molar-refractivity contribution in [1.29, 1.82) is 0 Å². The summed E-state index contributed by atoms with van der Waals surface area (Å²) in [5.74, 6) is 1.66. The van der Waals surface area contributed by atoms with Gasteiger partial charge in [-0.05, 0) is 45.2 Å². The number of hydrogen-bond donors (Lipinski definition) is 0. The van der Waals surface area contributed by atoms with Gasteiger partial charge in [-0.15, -0.1) is 0 Å². The zero-order valence-electron chi connectivity index (χ0n) is 14.1. The molecule has 0 aliphatic carbocycles. The number of rotatable bonds is 6. The molecule has 1 aliphatic rings. The quantitative estimate of drug-likeness (QED) is 0.822. The maximum atomic E-state index is 5.95. The van der Waals surface area contributed by atoms with Crippen LogP contribution in [0.25, 0.3) is 0 Å². The SMILES string of the molecule is CC(C)Oc1ccccc1CN1CCC[C@H](Cn2cncn2)C1. The van der Waals surface area contributed by atoms with Crippen molar-refractivity contribution in [2.75, 3.05) is 13.1 Å². The van der Waals surface area contributed by atoms with Gasteiger partial charge >= 0.3 is 0 Å². The number of piperidine rings is 1. The summed E-state index contributed by atoms with van der Waals surface area (Å²) in [5.41, 5.74) is 1.28. The summed E-state index contributed by atoms with van der Waals surface area (Å²) >= 11 is 0. The summed E-state index contributed by atoms with van der Waals surface area (Å²) in [4.78, 5) is 6.57. The Morgan fingerprint density at radius 1 is 1.30 bits per heavy atom. The van der Waals surface area contributed by atoms with Gasteiger partial charge < -0.3 is 4.74 Å². The molecular formula is C18H26N4O. The van der Waals surface area contributed by atoms with E-state index >= 15 is 0 Å². The molecule has 0 N–H and O–H groups in total. The number of aromatic nitrogens is 3. The first kappa shape index (κ1) is 16.0. The average molecular weight is 314 g/mol. The molecule has 0 amide bonds. The van der Waals surface area contributed by atoms with Gasteiger partial charge in [-0.3, -0.25) is 9.58 Å². The molecule has 23 heavy (non-hydrogen) atoms. The Bertz CT molecular complexity index is 597. The van der Waals surface area contributed by atoms with Crippen molar-refractivity contribution in [3.05, 3.63) is 42.5 Å². The minimum Gasteiger partial charge on any atom is -0.491 e. The lowest BCUT2D eigenvalue weighted by Crippen LogP contribution is -2.36. The van der Waals surface area contributed by atoms with Crippen molar-refractivity contribution in [3.63, 3.8) is 0 Å². The van der Waals surface area contributed by atoms with Crippen molar-refractivity contribution < 1.29 is 4.74 Å². The zero-order valence-corrected chi connectivity index (χ0v) is 14.1. The maximum Gasteiger partial charge on any atom is 0.137 e. The molecule has 1 fully saturated rings. The van der Waals surface area contributed by atoms with E-state index in [0.29, 0.717) is 5.92 Å². The summed E-state index contributed by atoms with van der Waals surface area (Å²) in [6.07, 6.45) is 6.13. The maximum absolute atomic E-state index is 5.95. The van der Waals surface area contributed by atoms with Gasteiger partial charge in [0, 0.05) is 25.2 Å². The van der Waals surface area contributed by atoms with Gasteiger partial charge in [0.2, 0.25) is 0 Å². The topological polar surface area (TPSA) is 43.2 Å². The predicted molar refractivity (Wildman–Crippen MR) is 90.2 cm³/mol. The fourth-order valence-corrected chi connectivity index (χ4v) is 3.28. The van der Waals surface area contributed by atoms with Gasteiger partial charge in [-0.25, -0.2) is 4.98 Å². The Morgan fingerprint density at radius 2 is 2.17 bits per heavy atom. The summed E-state index contributed by atoms with van der Waals surface area (Å²) in [7, 11) is 0. The Morgan fingerprint density at radius 3 is 2.96 bits per heavy atom. The fourth-order valence-electron chi connectivity index (χ4n) is 3.28. The van der Waals surface area contributed by atoms with E-state index in [0.717, 1.165) is 31.9 Å². The normalized spacial score (nSPS) is 19.2. The van der Waals surface area contributed by atoms with Crippen LogP contribution in [-0.4, -0.2) is 38.9 Å². The van der Waals surface area contributed by atoms with Crippen LogP contribution in [0.5, 0.6) is 5.75 Å². The molecular weight excluding hydrogens is 288 g/mol. The van der Waals surface area contributed by atoms with Gasteiger partial charge in [-0.1, -0.05) is 18.2 Å². The molecule has 5 heteroatoms. The molecule has 2 aromatic rings. The lowest BCUT2D eigenvalue weighted by Gasteiger charge is -2.33. The smallest absolute Gasteiger partial charge is 0.137 e. The van der Waals surface area contributed by atoms with E-state index in [1.165, 1.54) is 18.4 Å². The van der Waals surface area contributed by atoms with E-state index in [1.807, 2.05) is 17.1 Å². The first-order valence-corrected chi connectivity index (χ1v) is 8.50. The average Bonchev–Trinajstić information content (AvgIpc) is 3.02. The second-order valence-corrected chi connectivity index (χ2v) is 6.64. The van der Waals surface area contributed by atoms with Crippen LogP contribution in [0.15, 0.2) is 36.9 Å². The van der Waals surface area contributed by atoms with Crippen molar-refractivity contribution in [1.82, 2.24) is 19.7 Å². The second kappa shape index (κ2) is 7.59. The third kappa shape index (κ3) is 4.55. The second-order valence-electron chi connectivity index (χ2n) is 6.64.